The molecule has 0 aliphatic rings. The van der Waals surface area contributed by atoms with Crippen LogP contribution in [0.15, 0.2) is 34.9 Å². The Hall–Kier alpha value is -1.14. The van der Waals surface area contributed by atoms with Crippen molar-refractivity contribution < 1.29 is 13.2 Å². The summed E-state index contributed by atoms with van der Waals surface area (Å²) in [7, 11) is 0. The fourth-order valence-electron chi connectivity index (χ4n) is 1.48. The molecule has 0 fully saturated rings. The molecule has 94 valence electrons. The first kappa shape index (κ1) is 13.3. The van der Waals surface area contributed by atoms with Crippen LogP contribution in [0.5, 0.6) is 0 Å². The molecular weight excluding hydrogens is 332 g/mol. The van der Waals surface area contributed by atoms with Crippen molar-refractivity contribution in [2.24, 2.45) is 0 Å². The van der Waals surface area contributed by atoms with Crippen LogP contribution in [0.2, 0.25) is 5.28 Å². The highest BCUT2D eigenvalue weighted by Crippen LogP contribution is 2.36. The average molecular weight is 338 g/mol. The Morgan fingerprint density at radius 3 is 2.39 bits per heavy atom. The number of aromatic nitrogens is 2. The number of hydrogen-bond acceptors (Lipinski definition) is 2. The van der Waals surface area contributed by atoms with Crippen molar-refractivity contribution in [3.8, 4) is 11.3 Å². The smallest absolute Gasteiger partial charge is 0.218 e. The van der Waals surface area contributed by atoms with Crippen LogP contribution in [-0.4, -0.2) is 9.97 Å². The van der Waals surface area contributed by atoms with Crippen molar-refractivity contribution in [1.29, 1.82) is 0 Å². The van der Waals surface area contributed by atoms with Crippen LogP contribution in [0.25, 0.3) is 11.3 Å². The summed E-state index contributed by atoms with van der Waals surface area (Å²) < 4.78 is 38.9. The molecule has 1 aromatic carbocycles. The first-order valence-electron chi connectivity index (χ1n) is 4.74. The first-order chi connectivity index (χ1) is 8.38. The van der Waals surface area contributed by atoms with E-state index in [0.29, 0.717) is 4.60 Å². The second-order valence-corrected chi connectivity index (χ2v) is 4.54. The minimum atomic E-state index is -4.44. The third kappa shape index (κ3) is 2.81. The highest BCUT2D eigenvalue weighted by atomic mass is 79.9. The molecule has 0 spiro atoms. The van der Waals surface area contributed by atoms with Gasteiger partial charge in [0.05, 0.1) is 11.3 Å². The number of rotatable bonds is 1. The largest absolute Gasteiger partial charge is 0.417 e. The van der Waals surface area contributed by atoms with E-state index in [-0.39, 0.29) is 16.5 Å². The Morgan fingerprint density at radius 1 is 1.11 bits per heavy atom. The van der Waals surface area contributed by atoms with Gasteiger partial charge in [-0.1, -0.05) is 18.2 Å². The molecule has 7 heteroatoms. The quantitative estimate of drug-likeness (QED) is 0.562. The summed E-state index contributed by atoms with van der Waals surface area (Å²) in [5.41, 5.74) is -0.670. The Balaban J connectivity index is 2.64. The first-order valence-corrected chi connectivity index (χ1v) is 5.92. The Kier molecular flexibility index (Phi) is 3.59. The van der Waals surface area contributed by atoms with Crippen LogP contribution in [0.3, 0.4) is 0 Å². The summed E-state index contributed by atoms with van der Waals surface area (Å²) in [6.45, 7) is 0. The maximum Gasteiger partial charge on any atom is 0.417 e. The van der Waals surface area contributed by atoms with Gasteiger partial charge in [-0.25, -0.2) is 9.97 Å². The van der Waals surface area contributed by atoms with Gasteiger partial charge in [0.15, 0.2) is 0 Å². The van der Waals surface area contributed by atoms with Gasteiger partial charge < -0.3 is 0 Å². The molecule has 0 radical (unpaired) electrons. The van der Waals surface area contributed by atoms with Crippen LogP contribution in [0.4, 0.5) is 13.2 Å². The molecule has 0 unspecified atom stereocenters. The lowest BCUT2D eigenvalue weighted by atomic mass is 10.0. The Labute approximate surface area is 114 Å². The maximum absolute atomic E-state index is 12.8. The predicted octanol–water partition coefficient (Wildman–Crippen LogP) is 4.58. The zero-order chi connectivity index (χ0) is 13.3. The van der Waals surface area contributed by atoms with Crippen molar-refractivity contribution in [2.45, 2.75) is 6.18 Å². The second kappa shape index (κ2) is 4.85. The number of nitrogens with zero attached hydrogens (tertiary/aromatic N) is 2. The maximum atomic E-state index is 12.8. The minimum absolute atomic E-state index is 0.0324. The topological polar surface area (TPSA) is 25.8 Å². The van der Waals surface area contributed by atoms with Crippen LogP contribution in [0.1, 0.15) is 5.56 Å². The van der Waals surface area contributed by atoms with Crippen molar-refractivity contribution >= 4 is 27.5 Å². The van der Waals surface area contributed by atoms with E-state index >= 15 is 0 Å². The summed E-state index contributed by atoms with van der Waals surface area (Å²) in [4.78, 5) is 7.54. The highest BCUT2D eigenvalue weighted by Gasteiger charge is 2.33. The molecule has 2 aromatic rings. The van der Waals surface area contributed by atoms with E-state index in [2.05, 4.69) is 25.9 Å². The summed E-state index contributed by atoms with van der Waals surface area (Å²) >= 11 is 8.70. The standard InChI is InChI=1S/C11H5BrClF3N2/c12-9-5-8(17-10(13)18-9)6-3-1-2-4-7(6)11(14,15)16/h1-5H. The van der Waals surface area contributed by atoms with E-state index in [1.165, 1.54) is 24.3 Å². The molecule has 0 aliphatic heterocycles. The molecule has 2 nitrogen and oxygen atoms in total. The zero-order valence-electron chi connectivity index (χ0n) is 8.67. The van der Waals surface area contributed by atoms with Crippen molar-refractivity contribution in [2.75, 3.05) is 0 Å². The monoisotopic (exact) mass is 336 g/mol. The van der Waals surface area contributed by atoms with Gasteiger partial charge in [-0.3, -0.25) is 0 Å². The lowest BCUT2D eigenvalue weighted by molar-refractivity contribution is -0.137. The molecule has 0 amide bonds. The van der Waals surface area contributed by atoms with E-state index in [1.54, 1.807) is 0 Å². The Morgan fingerprint density at radius 2 is 1.78 bits per heavy atom. The molecule has 1 heterocycles. The van der Waals surface area contributed by atoms with Gasteiger partial charge in [-0.2, -0.15) is 13.2 Å². The number of hydrogen-bond donors (Lipinski definition) is 0. The summed E-state index contributed by atoms with van der Waals surface area (Å²) in [5.74, 6) is 0. The normalized spacial score (nSPS) is 11.6. The van der Waals surface area contributed by atoms with Gasteiger partial charge in [0, 0.05) is 5.56 Å². The van der Waals surface area contributed by atoms with E-state index in [4.69, 9.17) is 11.6 Å². The van der Waals surface area contributed by atoms with Gasteiger partial charge in [-0.15, -0.1) is 0 Å². The van der Waals surface area contributed by atoms with E-state index in [9.17, 15) is 13.2 Å². The second-order valence-electron chi connectivity index (χ2n) is 3.39. The molecule has 0 bridgehead atoms. The van der Waals surface area contributed by atoms with Crippen LogP contribution in [0, 0.1) is 0 Å². The molecular formula is C11H5BrClF3N2. The molecule has 0 atom stereocenters. The molecule has 18 heavy (non-hydrogen) atoms. The minimum Gasteiger partial charge on any atom is -0.218 e. The predicted molar refractivity (Wildman–Crippen MR) is 65.2 cm³/mol. The molecule has 0 aliphatic carbocycles. The molecule has 2 rings (SSSR count). The fourth-order valence-corrected chi connectivity index (χ4v) is 2.15. The van der Waals surface area contributed by atoms with Crippen LogP contribution in [-0.2, 0) is 6.18 Å². The fraction of sp³-hybridized carbons (Fsp3) is 0.0909. The van der Waals surface area contributed by atoms with Crippen LogP contribution < -0.4 is 0 Å². The van der Waals surface area contributed by atoms with E-state index in [1.807, 2.05) is 0 Å². The van der Waals surface area contributed by atoms with Gasteiger partial charge in [0.1, 0.15) is 4.60 Å². The van der Waals surface area contributed by atoms with Gasteiger partial charge in [0.25, 0.3) is 0 Å². The number of alkyl halides is 3. The third-order valence-corrected chi connectivity index (χ3v) is 2.75. The van der Waals surface area contributed by atoms with Crippen molar-refractivity contribution in [1.82, 2.24) is 9.97 Å². The molecule has 0 N–H and O–H groups in total. The highest BCUT2D eigenvalue weighted by molar-refractivity contribution is 9.10. The summed E-state index contributed by atoms with van der Waals surface area (Å²) in [6.07, 6.45) is -4.44. The average Bonchev–Trinajstić information content (AvgIpc) is 2.26. The molecule has 1 aromatic heterocycles. The molecule has 0 saturated carbocycles. The SMILES string of the molecule is FC(F)(F)c1ccccc1-c1cc(Br)nc(Cl)n1. The van der Waals surface area contributed by atoms with Gasteiger partial charge in [-0.05, 0) is 39.7 Å². The lowest BCUT2D eigenvalue weighted by Gasteiger charge is -2.12. The van der Waals surface area contributed by atoms with Crippen LogP contribution >= 0.6 is 27.5 Å². The molecule has 0 saturated heterocycles. The third-order valence-electron chi connectivity index (χ3n) is 2.18. The van der Waals surface area contributed by atoms with Crippen molar-refractivity contribution in [3.05, 3.63) is 45.8 Å². The summed E-state index contributed by atoms with van der Waals surface area (Å²) in [6, 6.07) is 6.56. The number of benzene rings is 1. The van der Waals surface area contributed by atoms with E-state index in [0.717, 1.165) is 6.07 Å². The summed E-state index contributed by atoms with van der Waals surface area (Å²) in [5, 5.41) is -0.114. The van der Waals surface area contributed by atoms with Crippen molar-refractivity contribution in [3.63, 3.8) is 0 Å². The Bertz CT molecular complexity index is 566. The van der Waals surface area contributed by atoms with E-state index < -0.39 is 11.7 Å². The van der Waals surface area contributed by atoms with Gasteiger partial charge >= 0.3 is 6.18 Å². The van der Waals surface area contributed by atoms with Gasteiger partial charge in [0.2, 0.25) is 5.28 Å². The lowest BCUT2D eigenvalue weighted by Crippen LogP contribution is -2.07. The number of halogens is 5. The zero-order valence-corrected chi connectivity index (χ0v) is 11.0.